The minimum atomic E-state index is -1.16. The summed E-state index contributed by atoms with van der Waals surface area (Å²) in [6.45, 7) is 1.96. The average molecular weight is 536 g/mol. The van der Waals surface area contributed by atoms with Gasteiger partial charge in [-0.15, -0.1) is 0 Å². The zero-order chi connectivity index (χ0) is 28.0. The van der Waals surface area contributed by atoms with Gasteiger partial charge in [0.2, 0.25) is 5.82 Å². The van der Waals surface area contributed by atoms with E-state index in [1.54, 1.807) is 6.20 Å². The highest BCUT2D eigenvalue weighted by Crippen LogP contribution is 2.44. The molecule has 0 unspecified atom stereocenters. The summed E-state index contributed by atoms with van der Waals surface area (Å²) in [7, 11) is 0. The first-order valence-corrected chi connectivity index (χ1v) is 13.3. The summed E-state index contributed by atoms with van der Waals surface area (Å²) in [5.41, 5.74) is 6.98. The van der Waals surface area contributed by atoms with Gasteiger partial charge in [-0.3, -0.25) is 14.8 Å². The highest BCUT2D eigenvalue weighted by molar-refractivity contribution is 6.02. The summed E-state index contributed by atoms with van der Waals surface area (Å²) in [6.07, 6.45) is 1.80. The average Bonchev–Trinajstić information content (AvgIpc) is 3.60. The largest absolute Gasteiger partial charge is 0.475 e. The number of hydrogen-bond acceptors (Lipinski definition) is 4. The number of aromatic carboxylic acids is 1. The van der Waals surface area contributed by atoms with Crippen molar-refractivity contribution < 1.29 is 9.90 Å². The van der Waals surface area contributed by atoms with E-state index in [9.17, 15) is 9.90 Å². The topological polar surface area (TPSA) is 96.7 Å². The molecule has 4 aromatic carbocycles. The molecule has 198 valence electrons. The lowest BCUT2D eigenvalue weighted by Gasteiger charge is -2.37. The third kappa shape index (κ3) is 3.90. The first kappa shape index (κ1) is 24.5. The molecule has 0 aliphatic rings. The molecule has 0 radical (unpaired) electrons. The third-order valence-corrected chi connectivity index (χ3v) is 7.57. The third-order valence-electron chi connectivity index (χ3n) is 7.57. The minimum absolute atomic E-state index is 0.218. The molecule has 0 amide bonds. The highest BCUT2D eigenvalue weighted by atomic mass is 16.4. The molecule has 2 N–H and O–H groups in total. The fraction of sp³-hybridized carbons (Fsp3) is 0.0588. The molecule has 7 nitrogen and oxygen atoms in total. The van der Waals surface area contributed by atoms with Gasteiger partial charge < -0.3 is 5.11 Å². The standard InChI is InChI=1S/C34H25N5O2/c1-22-19-23(17-18-35-22)31-27-20-28-29(37-32(36-28)33(40)41)21-30(27)39(38-31)34(24-11-5-2-6-12-24,25-13-7-3-8-14-25)26-15-9-4-10-16-26/h2-21,38H,1H3,(H,40,41). The van der Waals surface area contributed by atoms with Crippen molar-refractivity contribution in [2.45, 2.75) is 12.5 Å². The van der Waals surface area contributed by atoms with Gasteiger partial charge in [0.25, 0.3) is 0 Å². The van der Waals surface area contributed by atoms with Gasteiger partial charge >= 0.3 is 5.97 Å². The van der Waals surface area contributed by atoms with E-state index in [0.717, 1.165) is 44.5 Å². The molecule has 0 aliphatic heterocycles. The van der Waals surface area contributed by atoms with E-state index in [2.05, 4.69) is 97.5 Å². The Labute approximate surface area is 235 Å². The number of rotatable bonds is 6. The van der Waals surface area contributed by atoms with Crippen LogP contribution in [0.4, 0.5) is 0 Å². The number of fused-ring (bicyclic) bond motifs is 2. The number of H-pyrrole nitrogens is 1. The van der Waals surface area contributed by atoms with Crippen LogP contribution in [0.3, 0.4) is 0 Å². The number of aryl methyl sites for hydroxylation is 1. The maximum Gasteiger partial charge on any atom is 0.373 e. The zero-order valence-electron chi connectivity index (χ0n) is 22.2. The molecule has 0 aliphatic carbocycles. The lowest BCUT2D eigenvalue weighted by atomic mass is 9.77. The van der Waals surface area contributed by atoms with Crippen LogP contribution in [0.25, 0.3) is 33.2 Å². The van der Waals surface area contributed by atoms with Gasteiger partial charge in [0, 0.05) is 22.8 Å². The van der Waals surface area contributed by atoms with Crippen LogP contribution in [-0.2, 0) is 5.54 Å². The van der Waals surface area contributed by atoms with Crippen LogP contribution >= 0.6 is 0 Å². The van der Waals surface area contributed by atoms with E-state index in [0.29, 0.717) is 11.0 Å². The number of aromatic nitrogens is 5. The van der Waals surface area contributed by atoms with Gasteiger partial charge in [-0.1, -0.05) is 91.0 Å². The van der Waals surface area contributed by atoms with Crippen molar-refractivity contribution in [3.63, 3.8) is 0 Å². The molecule has 3 aromatic heterocycles. The maximum absolute atomic E-state index is 11.8. The van der Waals surface area contributed by atoms with E-state index in [4.69, 9.17) is 0 Å². The molecule has 0 saturated heterocycles. The number of carbonyl (C=O) groups is 1. The minimum Gasteiger partial charge on any atom is -0.475 e. The van der Waals surface area contributed by atoms with Crippen LogP contribution < -0.4 is 0 Å². The SMILES string of the molecule is Cc1cc(-c2[nH]n(C(c3ccccc3)(c3ccccc3)c3ccccc3)c3cc4nc(C(=O)O)nc4cc23)ccn1. The molecule has 7 rings (SSSR count). The van der Waals surface area contributed by atoms with Crippen LogP contribution in [-0.4, -0.2) is 35.8 Å². The first-order valence-electron chi connectivity index (χ1n) is 13.3. The van der Waals surface area contributed by atoms with Gasteiger partial charge in [-0.05, 0) is 47.9 Å². The van der Waals surface area contributed by atoms with Gasteiger partial charge in [0.15, 0.2) is 0 Å². The maximum atomic E-state index is 11.8. The predicted molar refractivity (Wildman–Crippen MR) is 159 cm³/mol. The Balaban J connectivity index is 1.68. The molecular formula is C34H25N5O2. The number of imidazole rings is 1. The molecular weight excluding hydrogens is 510 g/mol. The second kappa shape index (κ2) is 9.57. The molecule has 3 heterocycles. The van der Waals surface area contributed by atoms with E-state index in [1.807, 2.05) is 49.4 Å². The smallest absolute Gasteiger partial charge is 0.373 e. The lowest BCUT2D eigenvalue weighted by Crippen LogP contribution is -2.38. The van der Waals surface area contributed by atoms with Crippen molar-refractivity contribution in [1.29, 1.82) is 0 Å². The number of nitrogens with zero attached hydrogens (tertiary/aromatic N) is 4. The Hall–Kier alpha value is -5.56. The monoisotopic (exact) mass is 535 g/mol. The highest BCUT2D eigenvalue weighted by Gasteiger charge is 2.40. The van der Waals surface area contributed by atoms with Crippen molar-refractivity contribution in [3.8, 4) is 11.3 Å². The van der Waals surface area contributed by atoms with Gasteiger partial charge in [-0.2, -0.15) is 0 Å². The van der Waals surface area contributed by atoms with Crippen molar-refractivity contribution in [2.75, 3.05) is 0 Å². The summed E-state index contributed by atoms with van der Waals surface area (Å²) in [5.74, 6) is -1.37. The fourth-order valence-electron chi connectivity index (χ4n) is 5.82. The molecule has 0 spiro atoms. The van der Waals surface area contributed by atoms with Crippen LogP contribution in [0.2, 0.25) is 0 Å². The van der Waals surface area contributed by atoms with Crippen molar-refractivity contribution in [1.82, 2.24) is 24.7 Å². The summed E-state index contributed by atoms with van der Waals surface area (Å²) >= 11 is 0. The molecule has 0 fully saturated rings. The fourth-order valence-corrected chi connectivity index (χ4v) is 5.82. The Morgan fingerprint density at radius 1 is 0.756 bits per heavy atom. The summed E-state index contributed by atoms with van der Waals surface area (Å²) < 4.78 is 2.18. The first-order chi connectivity index (χ1) is 20.1. The van der Waals surface area contributed by atoms with Crippen molar-refractivity contribution in [3.05, 3.63) is 150 Å². The van der Waals surface area contributed by atoms with Crippen LogP contribution in [0, 0.1) is 6.92 Å². The van der Waals surface area contributed by atoms with Crippen LogP contribution in [0.5, 0.6) is 0 Å². The summed E-state index contributed by atoms with van der Waals surface area (Å²) in [5, 5.41) is 14.3. The molecule has 0 atom stereocenters. The Morgan fingerprint density at radius 3 is 1.80 bits per heavy atom. The van der Waals surface area contributed by atoms with E-state index >= 15 is 0 Å². The van der Waals surface area contributed by atoms with Crippen LogP contribution in [0.1, 0.15) is 33.0 Å². The number of nitrogens with one attached hydrogen (secondary N) is 1. The number of carboxylic acid groups (broad SMARTS) is 1. The molecule has 7 aromatic rings. The summed E-state index contributed by atoms with van der Waals surface area (Å²) in [6, 6.07) is 39.1. The number of benzene rings is 4. The lowest BCUT2D eigenvalue weighted by molar-refractivity contribution is 0.0685. The molecule has 41 heavy (non-hydrogen) atoms. The van der Waals surface area contributed by atoms with E-state index in [-0.39, 0.29) is 5.82 Å². The van der Waals surface area contributed by atoms with Gasteiger partial charge in [0.05, 0.1) is 22.2 Å². The Bertz CT molecular complexity index is 1930. The number of hydrogen-bond donors (Lipinski definition) is 2. The van der Waals surface area contributed by atoms with Crippen molar-refractivity contribution >= 4 is 27.9 Å². The second-order valence-corrected chi connectivity index (χ2v) is 10.0. The number of carboxylic acids is 1. The van der Waals surface area contributed by atoms with Gasteiger partial charge in [-0.25, -0.2) is 14.8 Å². The number of aromatic amines is 1. The quantitative estimate of drug-likeness (QED) is 0.228. The van der Waals surface area contributed by atoms with Gasteiger partial charge in [0.1, 0.15) is 5.54 Å². The molecule has 7 heteroatoms. The predicted octanol–water partition coefficient (Wildman–Crippen LogP) is 6.82. The van der Waals surface area contributed by atoms with Crippen molar-refractivity contribution in [2.24, 2.45) is 0 Å². The second-order valence-electron chi connectivity index (χ2n) is 10.0. The Morgan fingerprint density at radius 2 is 1.29 bits per heavy atom. The Kier molecular flexibility index (Phi) is 5.71. The summed E-state index contributed by atoms with van der Waals surface area (Å²) in [4.78, 5) is 24.8. The van der Waals surface area contributed by atoms with Crippen LogP contribution in [0.15, 0.2) is 121 Å². The molecule has 0 bridgehead atoms. The van der Waals surface area contributed by atoms with E-state index in [1.165, 1.54) is 0 Å². The molecule has 0 saturated carbocycles. The van der Waals surface area contributed by atoms with E-state index < -0.39 is 11.5 Å². The number of pyridine rings is 1. The zero-order valence-corrected chi connectivity index (χ0v) is 22.2. The normalized spacial score (nSPS) is 11.7.